The van der Waals surface area contributed by atoms with E-state index in [9.17, 15) is 13.2 Å². The predicted octanol–water partition coefficient (Wildman–Crippen LogP) is 8.58. The molecule has 0 atom stereocenters. The van der Waals surface area contributed by atoms with E-state index < -0.39 is 11.7 Å². The average molecular weight is 515 g/mol. The fourth-order valence-electron chi connectivity index (χ4n) is 4.81. The molecule has 3 nitrogen and oxygen atoms in total. The van der Waals surface area contributed by atoms with Gasteiger partial charge in [-0.2, -0.15) is 18.3 Å². The zero-order chi connectivity index (χ0) is 27.0. The van der Waals surface area contributed by atoms with Crippen LogP contribution < -0.4 is 4.74 Å². The van der Waals surface area contributed by atoms with Crippen molar-refractivity contribution in [2.45, 2.75) is 47.0 Å². The number of ether oxygens (including phenoxy) is 1. The summed E-state index contributed by atoms with van der Waals surface area (Å²) in [7, 11) is 0. The van der Waals surface area contributed by atoms with E-state index >= 15 is 0 Å². The van der Waals surface area contributed by atoms with Crippen molar-refractivity contribution in [3.63, 3.8) is 0 Å². The lowest BCUT2D eigenvalue weighted by Crippen LogP contribution is -2.07. The van der Waals surface area contributed by atoms with Crippen molar-refractivity contribution in [2.75, 3.05) is 0 Å². The maximum Gasteiger partial charge on any atom is 0.418 e. The molecule has 5 rings (SSSR count). The van der Waals surface area contributed by atoms with Gasteiger partial charge in [-0.25, -0.2) is 0 Å². The van der Waals surface area contributed by atoms with Crippen LogP contribution in [-0.4, -0.2) is 9.78 Å². The Kier molecular flexibility index (Phi) is 6.74. The Morgan fingerprint density at radius 3 is 2.18 bits per heavy atom. The van der Waals surface area contributed by atoms with Crippen molar-refractivity contribution >= 4 is 10.9 Å². The summed E-state index contributed by atoms with van der Waals surface area (Å²) in [5.74, 6) is 0.690. The minimum atomic E-state index is -4.50. The van der Waals surface area contributed by atoms with Gasteiger partial charge in [-0.05, 0) is 80.3 Å². The van der Waals surface area contributed by atoms with Gasteiger partial charge in [0.15, 0.2) is 0 Å². The first-order valence-corrected chi connectivity index (χ1v) is 12.5. The van der Waals surface area contributed by atoms with Gasteiger partial charge in [0.05, 0.1) is 17.8 Å². The zero-order valence-electron chi connectivity index (χ0n) is 21.9. The van der Waals surface area contributed by atoms with Gasteiger partial charge in [0.25, 0.3) is 0 Å². The van der Waals surface area contributed by atoms with E-state index in [1.165, 1.54) is 11.6 Å². The lowest BCUT2D eigenvalue weighted by Gasteiger charge is -2.13. The van der Waals surface area contributed by atoms with Crippen molar-refractivity contribution in [2.24, 2.45) is 0 Å². The van der Waals surface area contributed by atoms with Gasteiger partial charge < -0.3 is 4.74 Å². The minimum Gasteiger partial charge on any atom is -0.489 e. The number of fused-ring (bicyclic) bond motifs is 1. The predicted molar refractivity (Wildman–Crippen MR) is 145 cm³/mol. The van der Waals surface area contributed by atoms with E-state index in [0.29, 0.717) is 30.0 Å². The van der Waals surface area contributed by atoms with Crippen LogP contribution in [0.25, 0.3) is 22.2 Å². The fourth-order valence-corrected chi connectivity index (χ4v) is 4.81. The van der Waals surface area contributed by atoms with Crippen LogP contribution in [0, 0.1) is 27.7 Å². The monoisotopic (exact) mass is 514 g/mol. The molecule has 0 unspecified atom stereocenters. The van der Waals surface area contributed by atoms with Crippen LogP contribution in [0.2, 0.25) is 0 Å². The highest BCUT2D eigenvalue weighted by Crippen LogP contribution is 2.38. The highest BCUT2D eigenvalue weighted by Gasteiger charge is 2.34. The van der Waals surface area contributed by atoms with Gasteiger partial charge in [-0.1, -0.05) is 59.7 Å². The molecule has 4 aromatic carbocycles. The van der Waals surface area contributed by atoms with E-state index in [0.717, 1.165) is 39.4 Å². The molecule has 0 spiro atoms. The smallest absolute Gasteiger partial charge is 0.418 e. The van der Waals surface area contributed by atoms with Gasteiger partial charge in [-0.15, -0.1) is 0 Å². The first-order valence-electron chi connectivity index (χ1n) is 12.5. The molecule has 1 heterocycles. The van der Waals surface area contributed by atoms with Crippen LogP contribution in [0.3, 0.4) is 0 Å². The molecule has 0 amide bonds. The molecule has 0 aliphatic rings. The lowest BCUT2D eigenvalue weighted by atomic mass is 10.0. The zero-order valence-corrected chi connectivity index (χ0v) is 21.9. The number of rotatable bonds is 6. The van der Waals surface area contributed by atoms with E-state index in [-0.39, 0.29) is 5.52 Å². The third kappa shape index (κ3) is 5.17. The second-order valence-electron chi connectivity index (χ2n) is 9.88. The number of alkyl halides is 3. The molecule has 194 valence electrons. The SMILES string of the molecule is Cc1ccc(Cn2nc3c(C(F)(F)F)cccc3c2-c2ccc(OCc3cc(C)ccc3C)cc2)c(C)c1. The van der Waals surface area contributed by atoms with Crippen LogP contribution >= 0.6 is 0 Å². The third-order valence-corrected chi connectivity index (χ3v) is 6.92. The summed E-state index contributed by atoms with van der Waals surface area (Å²) in [4.78, 5) is 0. The Balaban J connectivity index is 1.54. The lowest BCUT2D eigenvalue weighted by molar-refractivity contribution is -0.136. The first kappa shape index (κ1) is 25.6. The molecule has 0 N–H and O–H groups in total. The standard InChI is InChI=1S/C32H29F3N2O/c1-20-9-11-25(23(4)16-20)18-37-31(28-6-5-7-29(30(28)36-37)32(33,34)35)24-12-14-27(15-13-24)38-19-26-17-21(2)8-10-22(26)3/h5-17H,18-19H2,1-4H3. The van der Waals surface area contributed by atoms with Crippen LogP contribution in [0.5, 0.6) is 5.75 Å². The molecule has 38 heavy (non-hydrogen) atoms. The number of nitrogens with zero attached hydrogens (tertiary/aromatic N) is 2. The van der Waals surface area contributed by atoms with Crippen molar-refractivity contribution in [1.29, 1.82) is 0 Å². The molecule has 0 fully saturated rings. The molecule has 0 aliphatic heterocycles. The molecule has 0 radical (unpaired) electrons. The summed E-state index contributed by atoms with van der Waals surface area (Å²) in [6.45, 7) is 8.93. The molecule has 1 aromatic heterocycles. The van der Waals surface area contributed by atoms with Crippen LogP contribution in [0.4, 0.5) is 13.2 Å². The summed E-state index contributed by atoms with van der Waals surface area (Å²) in [5, 5.41) is 4.96. The number of hydrogen-bond acceptors (Lipinski definition) is 2. The number of aryl methyl sites for hydroxylation is 4. The molecule has 0 saturated carbocycles. The van der Waals surface area contributed by atoms with E-state index in [1.54, 1.807) is 10.7 Å². The molecular formula is C32H29F3N2O. The Labute approximate surface area is 220 Å². The third-order valence-electron chi connectivity index (χ3n) is 6.92. The van der Waals surface area contributed by atoms with Crippen LogP contribution in [0.15, 0.2) is 78.9 Å². The van der Waals surface area contributed by atoms with E-state index in [2.05, 4.69) is 36.3 Å². The van der Waals surface area contributed by atoms with Gasteiger partial charge in [0.1, 0.15) is 17.9 Å². The summed E-state index contributed by atoms with van der Waals surface area (Å²) in [6.07, 6.45) is -4.50. The van der Waals surface area contributed by atoms with Crippen molar-refractivity contribution in [3.8, 4) is 17.0 Å². The van der Waals surface area contributed by atoms with Crippen molar-refractivity contribution in [3.05, 3.63) is 118 Å². The summed E-state index contributed by atoms with van der Waals surface area (Å²) < 4.78 is 49.3. The molecule has 0 bridgehead atoms. The highest BCUT2D eigenvalue weighted by atomic mass is 19.4. The van der Waals surface area contributed by atoms with Crippen molar-refractivity contribution < 1.29 is 17.9 Å². The Morgan fingerprint density at radius 1 is 0.763 bits per heavy atom. The summed E-state index contributed by atoms with van der Waals surface area (Å²) in [6, 6.07) is 24.1. The second kappa shape index (κ2) is 10.0. The average Bonchev–Trinajstić information content (AvgIpc) is 3.24. The first-order chi connectivity index (χ1) is 18.1. The van der Waals surface area contributed by atoms with Gasteiger partial charge >= 0.3 is 6.18 Å². The number of hydrogen-bond donors (Lipinski definition) is 0. The molecule has 6 heteroatoms. The maximum atomic E-state index is 13.9. The summed E-state index contributed by atoms with van der Waals surface area (Å²) in [5.41, 5.74) is 7.30. The summed E-state index contributed by atoms with van der Waals surface area (Å²) >= 11 is 0. The van der Waals surface area contributed by atoms with Crippen molar-refractivity contribution in [1.82, 2.24) is 9.78 Å². The number of halogens is 3. The molecule has 0 saturated heterocycles. The molecule has 0 aliphatic carbocycles. The second-order valence-corrected chi connectivity index (χ2v) is 9.88. The fraction of sp³-hybridized carbons (Fsp3) is 0.219. The van der Waals surface area contributed by atoms with Crippen LogP contribution in [0.1, 0.15) is 38.9 Å². The molecule has 5 aromatic rings. The van der Waals surface area contributed by atoms with E-state index in [1.807, 2.05) is 57.2 Å². The quantitative estimate of drug-likeness (QED) is 0.227. The topological polar surface area (TPSA) is 27.1 Å². The normalized spacial score (nSPS) is 11.8. The largest absolute Gasteiger partial charge is 0.489 e. The molecular weight excluding hydrogens is 485 g/mol. The number of aromatic nitrogens is 2. The minimum absolute atomic E-state index is 0.0463. The Hall–Kier alpha value is -4.06. The number of benzene rings is 4. The Bertz CT molecular complexity index is 1620. The van der Waals surface area contributed by atoms with Gasteiger partial charge in [0, 0.05) is 10.9 Å². The maximum absolute atomic E-state index is 13.9. The van der Waals surface area contributed by atoms with Gasteiger partial charge in [0.2, 0.25) is 0 Å². The Morgan fingerprint density at radius 2 is 1.47 bits per heavy atom. The van der Waals surface area contributed by atoms with E-state index in [4.69, 9.17) is 4.74 Å². The van der Waals surface area contributed by atoms with Gasteiger partial charge in [-0.3, -0.25) is 4.68 Å². The van der Waals surface area contributed by atoms with Crippen LogP contribution in [-0.2, 0) is 19.3 Å². The highest BCUT2D eigenvalue weighted by molar-refractivity contribution is 5.95.